The number of carbonyl (C=O) groups is 1. The number of benzene rings is 1. The second-order valence-electron chi connectivity index (χ2n) is 3.96. The van der Waals surface area contributed by atoms with Crippen LogP contribution in [-0.2, 0) is 16.0 Å². The lowest BCUT2D eigenvalue weighted by Gasteiger charge is -2.07. The van der Waals surface area contributed by atoms with Gasteiger partial charge in [-0.2, -0.15) is 8.78 Å². The highest BCUT2D eigenvalue weighted by Crippen LogP contribution is 2.14. The van der Waals surface area contributed by atoms with Crippen molar-refractivity contribution < 1.29 is 23.0 Å². The van der Waals surface area contributed by atoms with Gasteiger partial charge in [0.1, 0.15) is 12.4 Å². The Morgan fingerprint density at radius 2 is 2.00 bits per heavy atom. The van der Waals surface area contributed by atoms with Gasteiger partial charge in [0.15, 0.2) is 0 Å². The average Bonchev–Trinajstić information content (AvgIpc) is 2.40. The normalized spacial score (nSPS) is 10.6. The number of amides is 1. The Labute approximate surface area is 116 Å². The molecule has 0 atom stereocenters. The Bertz CT molecular complexity index is 399. The molecule has 0 saturated carbocycles. The molecule has 7 heteroatoms. The number of carbonyl (C=O) groups excluding carboxylic acids is 1. The van der Waals surface area contributed by atoms with Crippen molar-refractivity contribution in [3.63, 3.8) is 0 Å². The van der Waals surface area contributed by atoms with Crippen LogP contribution in [0.3, 0.4) is 0 Å². The number of hydrogen-bond acceptors (Lipinski definition) is 4. The third kappa shape index (κ3) is 7.01. The molecule has 20 heavy (non-hydrogen) atoms. The zero-order chi connectivity index (χ0) is 14.8. The summed E-state index contributed by atoms with van der Waals surface area (Å²) in [5, 5.41) is 2.68. The van der Waals surface area contributed by atoms with Gasteiger partial charge in [-0.1, -0.05) is 12.1 Å². The standard InChI is InChI=1S/C13H18F2N2O3/c14-13(15)20-11-3-1-10(2-4-11)5-7-17-12(18)9-19-8-6-16/h1-4,13H,5-9,16H2,(H,17,18). The lowest BCUT2D eigenvalue weighted by atomic mass is 10.1. The number of rotatable bonds is 9. The summed E-state index contributed by atoms with van der Waals surface area (Å²) in [5.41, 5.74) is 6.13. The van der Waals surface area contributed by atoms with Gasteiger partial charge < -0.3 is 20.5 Å². The Balaban J connectivity index is 2.23. The molecule has 5 nitrogen and oxygen atoms in total. The molecule has 0 unspecified atom stereocenters. The molecule has 0 radical (unpaired) electrons. The van der Waals surface area contributed by atoms with Crippen molar-refractivity contribution in [1.29, 1.82) is 0 Å². The minimum Gasteiger partial charge on any atom is -0.435 e. The summed E-state index contributed by atoms with van der Waals surface area (Å²) in [7, 11) is 0. The topological polar surface area (TPSA) is 73.6 Å². The van der Waals surface area contributed by atoms with Gasteiger partial charge in [0.25, 0.3) is 0 Å². The Hall–Kier alpha value is -1.73. The van der Waals surface area contributed by atoms with Crippen LogP contribution in [0.15, 0.2) is 24.3 Å². The largest absolute Gasteiger partial charge is 0.435 e. The van der Waals surface area contributed by atoms with E-state index in [4.69, 9.17) is 10.5 Å². The SMILES string of the molecule is NCCOCC(=O)NCCc1ccc(OC(F)F)cc1. The predicted molar refractivity (Wildman–Crippen MR) is 69.7 cm³/mol. The average molecular weight is 288 g/mol. The monoisotopic (exact) mass is 288 g/mol. The van der Waals surface area contributed by atoms with Gasteiger partial charge in [-0.15, -0.1) is 0 Å². The molecule has 0 fully saturated rings. The van der Waals surface area contributed by atoms with Crippen LogP contribution in [0.2, 0.25) is 0 Å². The number of halogens is 2. The highest BCUT2D eigenvalue weighted by molar-refractivity contribution is 5.77. The van der Waals surface area contributed by atoms with Gasteiger partial charge in [-0.3, -0.25) is 4.79 Å². The van der Waals surface area contributed by atoms with Gasteiger partial charge in [-0.05, 0) is 24.1 Å². The van der Waals surface area contributed by atoms with E-state index in [1.807, 2.05) is 0 Å². The van der Waals surface area contributed by atoms with Crippen LogP contribution < -0.4 is 15.8 Å². The van der Waals surface area contributed by atoms with Crippen molar-refractivity contribution in [2.24, 2.45) is 5.73 Å². The lowest BCUT2D eigenvalue weighted by Crippen LogP contribution is -2.30. The van der Waals surface area contributed by atoms with Crippen molar-refractivity contribution in [1.82, 2.24) is 5.32 Å². The molecule has 1 aromatic carbocycles. The van der Waals surface area contributed by atoms with Crippen molar-refractivity contribution in [2.45, 2.75) is 13.0 Å². The summed E-state index contributed by atoms with van der Waals surface area (Å²) < 4.78 is 33.1. The fourth-order valence-corrected chi connectivity index (χ4v) is 1.48. The van der Waals surface area contributed by atoms with Crippen LogP contribution in [0.4, 0.5) is 8.78 Å². The molecule has 0 spiro atoms. The molecule has 1 rings (SSSR count). The highest BCUT2D eigenvalue weighted by atomic mass is 19.3. The third-order valence-electron chi connectivity index (χ3n) is 2.38. The van der Waals surface area contributed by atoms with Gasteiger partial charge in [-0.25, -0.2) is 0 Å². The Morgan fingerprint density at radius 1 is 1.30 bits per heavy atom. The Morgan fingerprint density at radius 3 is 2.60 bits per heavy atom. The fourth-order valence-electron chi connectivity index (χ4n) is 1.48. The van der Waals surface area contributed by atoms with Crippen molar-refractivity contribution in [3.8, 4) is 5.75 Å². The fraction of sp³-hybridized carbons (Fsp3) is 0.462. The van der Waals surface area contributed by atoms with E-state index in [-0.39, 0.29) is 18.3 Å². The summed E-state index contributed by atoms with van der Waals surface area (Å²) in [6.45, 7) is -1.67. The maximum Gasteiger partial charge on any atom is 0.387 e. The van der Waals surface area contributed by atoms with Gasteiger partial charge in [0.05, 0.1) is 6.61 Å². The minimum absolute atomic E-state index is 0.0155. The van der Waals surface area contributed by atoms with E-state index >= 15 is 0 Å². The number of hydrogen-bond donors (Lipinski definition) is 2. The van der Waals surface area contributed by atoms with Crippen LogP contribution in [0.25, 0.3) is 0 Å². The molecule has 112 valence electrons. The van der Waals surface area contributed by atoms with E-state index in [0.29, 0.717) is 26.1 Å². The lowest BCUT2D eigenvalue weighted by molar-refractivity contribution is -0.125. The molecular formula is C13H18F2N2O3. The third-order valence-corrected chi connectivity index (χ3v) is 2.38. The van der Waals surface area contributed by atoms with Crippen LogP contribution in [0, 0.1) is 0 Å². The first-order chi connectivity index (χ1) is 9.61. The summed E-state index contributed by atoms with van der Waals surface area (Å²) in [6.07, 6.45) is 0.595. The van der Waals surface area contributed by atoms with Crippen molar-refractivity contribution in [3.05, 3.63) is 29.8 Å². The molecule has 1 aromatic rings. The van der Waals surface area contributed by atoms with E-state index in [9.17, 15) is 13.6 Å². The molecule has 0 aliphatic heterocycles. The maximum absolute atomic E-state index is 12.0. The first-order valence-electron chi connectivity index (χ1n) is 6.20. The Kier molecular flexibility index (Phi) is 7.52. The predicted octanol–water partition coefficient (Wildman–Crippen LogP) is 0.922. The van der Waals surface area contributed by atoms with Gasteiger partial charge >= 0.3 is 6.61 Å². The van der Waals surface area contributed by atoms with E-state index in [0.717, 1.165) is 5.56 Å². The van der Waals surface area contributed by atoms with E-state index in [1.54, 1.807) is 12.1 Å². The second kappa shape index (κ2) is 9.22. The van der Waals surface area contributed by atoms with Gasteiger partial charge in [0.2, 0.25) is 5.91 Å². The molecule has 0 heterocycles. The van der Waals surface area contributed by atoms with Crippen molar-refractivity contribution in [2.75, 3.05) is 26.3 Å². The quantitative estimate of drug-likeness (QED) is 0.663. The summed E-state index contributed by atoms with van der Waals surface area (Å²) in [5.74, 6) is -0.0981. The van der Waals surface area contributed by atoms with E-state index < -0.39 is 6.61 Å². The molecule has 0 saturated heterocycles. The van der Waals surface area contributed by atoms with E-state index in [2.05, 4.69) is 10.1 Å². The van der Waals surface area contributed by atoms with Crippen LogP contribution >= 0.6 is 0 Å². The molecule has 0 aliphatic rings. The van der Waals surface area contributed by atoms with Crippen LogP contribution in [-0.4, -0.2) is 38.8 Å². The summed E-state index contributed by atoms with van der Waals surface area (Å²) in [6, 6.07) is 6.28. The van der Waals surface area contributed by atoms with Crippen molar-refractivity contribution >= 4 is 5.91 Å². The smallest absolute Gasteiger partial charge is 0.387 e. The molecule has 0 aromatic heterocycles. The summed E-state index contributed by atoms with van der Waals surface area (Å²) >= 11 is 0. The highest BCUT2D eigenvalue weighted by Gasteiger charge is 2.04. The molecule has 0 aliphatic carbocycles. The molecule has 0 bridgehead atoms. The number of alkyl halides is 2. The molecule has 3 N–H and O–H groups in total. The zero-order valence-corrected chi connectivity index (χ0v) is 11.0. The number of nitrogens with one attached hydrogen (secondary N) is 1. The van der Waals surface area contributed by atoms with E-state index in [1.165, 1.54) is 12.1 Å². The molecule has 1 amide bonds. The molecular weight excluding hydrogens is 270 g/mol. The van der Waals surface area contributed by atoms with Crippen LogP contribution in [0.5, 0.6) is 5.75 Å². The number of nitrogens with two attached hydrogens (primary N) is 1. The first kappa shape index (κ1) is 16.3. The second-order valence-corrected chi connectivity index (χ2v) is 3.96. The summed E-state index contributed by atoms with van der Waals surface area (Å²) in [4.78, 5) is 11.3. The van der Waals surface area contributed by atoms with Crippen LogP contribution in [0.1, 0.15) is 5.56 Å². The minimum atomic E-state index is -2.83. The first-order valence-corrected chi connectivity index (χ1v) is 6.20. The van der Waals surface area contributed by atoms with Gasteiger partial charge in [0, 0.05) is 13.1 Å². The zero-order valence-electron chi connectivity index (χ0n) is 11.0. The maximum atomic E-state index is 12.0. The number of ether oxygens (including phenoxy) is 2.